The van der Waals surface area contributed by atoms with Gasteiger partial charge in [0.1, 0.15) is 0 Å². The lowest BCUT2D eigenvalue weighted by molar-refractivity contribution is -0.137. The van der Waals surface area contributed by atoms with Gasteiger partial charge in [-0.2, -0.15) is 0 Å². The number of aliphatic carboxylic acids is 1. The summed E-state index contributed by atoms with van der Waals surface area (Å²) >= 11 is 0. The highest BCUT2D eigenvalue weighted by Gasteiger charge is 2.03. The summed E-state index contributed by atoms with van der Waals surface area (Å²) in [5.41, 5.74) is 0. The molecule has 21 heavy (non-hydrogen) atoms. The van der Waals surface area contributed by atoms with E-state index in [0.717, 1.165) is 12.8 Å². The van der Waals surface area contributed by atoms with Gasteiger partial charge in [-0.25, -0.2) is 0 Å². The van der Waals surface area contributed by atoms with Crippen LogP contribution in [0.25, 0.3) is 0 Å². The van der Waals surface area contributed by atoms with Crippen molar-refractivity contribution in [2.75, 3.05) is 19.6 Å². The molecule has 0 amide bonds. The molecule has 3 nitrogen and oxygen atoms in total. The minimum Gasteiger partial charge on any atom is -0.481 e. The molecular formula is C18H39NO2. The quantitative estimate of drug-likeness (QED) is 0.504. The number of hydrogen-bond donors (Lipinski definition) is 1. The zero-order valence-corrected chi connectivity index (χ0v) is 15.2. The molecule has 1 N–H and O–H groups in total. The lowest BCUT2D eigenvalue weighted by atomic mass is 9.97. The van der Waals surface area contributed by atoms with Gasteiger partial charge in [-0.3, -0.25) is 4.79 Å². The lowest BCUT2D eigenvalue weighted by Gasteiger charge is -2.13. The Morgan fingerprint density at radius 3 is 1.81 bits per heavy atom. The monoisotopic (exact) mass is 301 g/mol. The molecule has 0 aliphatic carbocycles. The van der Waals surface area contributed by atoms with E-state index in [1.54, 1.807) is 0 Å². The van der Waals surface area contributed by atoms with Crippen molar-refractivity contribution in [3.8, 4) is 0 Å². The second-order valence-electron chi connectivity index (χ2n) is 5.86. The number of carboxylic acids is 1. The van der Waals surface area contributed by atoms with Gasteiger partial charge in [0.25, 0.3) is 0 Å². The molecule has 0 aromatic heterocycles. The zero-order chi connectivity index (χ0) is 16.5. The number of carboxylic acid groups (broad SMARTS) is 1. The van der Waals surface area contributed by atoms with Crippen molar-refractivity contribution in [3.05, 3.63) is 0 Å². The van der Waals surface area contributed by atoms with Crippen molar-refractivity contribution >= 4 is 5.97 Å². The van der Waals surface area contributed by atoms with E-state index in [-0.39, 0.29) is 0 Å². The molecular weight excluding hydrogens is 262 g/mol. The minimum absolute atomic E-state index is 0.333. The maximum atomic E-state index is 10.3. The van der Waals surface area contributed by atoms with E-state index in [2.05, 4.69) is 39.5 Å². The van der Waals surface area contributed by atoms with Crippen LogP contribution in [0.2, 0.25) is 0 Å². The SMILES string of the molecule is CCCCCCC(C)CCCC(=O)O.CCN(CC)CC. The van der Waals surface area contributed by atoms with Gasteiger partial charge in [-0.15, -0.1) is 0 Å². The fourth-order valence-electron chi connectivity index (χ4n) is 2.34. The number of rotatable bonds is 12. The Kier molecular flexibility index (Phi) is 18.9. The van der Waals surface area contributed by atoms with E-state index in [4.69, 9.17) is 5.11 Å². The number of hydrogen-bond acceptors (Lipinski definition) is 2. The van der Waals surface area contributed by atoms with Gasteiger partial charge < -0.3 is 10.0 Å². The summed E-state index contributed by atoms with van der Waals surface area (Å²) in [4.78, 5) is 12.7. The van der Waals surface area contributed by atoms with Crippen LogP contribution in [-0.2, 0) is 4.79 Å². The average Bonchev–Trinajstić information content (AvgIpc) is 2.46. The van der Waals surface area contributed by atoms with Crippen LogP contribution in [0.4, 0.5) is 0 Å². The van der Waals surface area contributed by atoms with Crippen LogP contribution >= 0.6 is 0 Å². The van der Waals surface area contributed by atoms with Crippen LogP contribution in [0.15, 0.2) is 0 Å². The molecule has 1 atom stereocenters. The van der Waals surface area contributed by atoms with Crippen molar-refractivity contribution in [1.29, 1.82) is 0 Å². The fourth-order valence-corrected chi connectivity index (χ4v) is 2.34. The first kappa shape index (κ1) is 22.7. The van der Waals surface area contributed by atoms with E-state index >= 15 is 0 Å². The van der Waals surface area contributed by atoms with Crippen molar-refractivity contribution in [1.82, 2.24) is 4.90 Å². The van der Waals surface area contributed by atoms with Crippen molar-refractivity contribution in [2.24, 2.45) is 5.92 Å². The molecule has 0 radical (unpaired) electrons. The smallest absolute Gasteiger partial charge is 0.303 e. The number of unbranched alkanes of at least 4 members (excludes halogenated alkanes) is 3. The van der Waals surface area contributed by atoms with Crippen LogP contribution in [0.5, 0.6) is 0 Å². The second kappa shape index (κ2) is 17.5. The van der Waals surface area contributed by atoms with Crippen molar-refractivity contribution in [2.45, 2.75) is 86.0 Å². The standard InChI is InChI=1S/C12H24O2.C6H15N/c1-3-4-5-6-8-11(2)9-7-10-12(13)14;1-4-7(5-2)6-3/h11H,3-10H2,1-2H3,(H,13,14);4-6H2,1-3H3. The molecule has 0 heterocycles. The highest BCUT2D eigenvalue weighted by molar-refractivity contribution is 5.66. The molecule has 0 aromatic rings. The summed E-state index contributed by atoms with van der Waals surface area (Å²) in [5.74, 6) is 0.0365. The van der Waals surface area contributed by atoms with Crippen LogP contribution in [-0.4, -0.2) is 35.6 Å². The third-order valence-corrected chi connectivity index (χ3v) is 3.98. The van der Waals surface area contributed by atoms with Gasteiger partial charge in [0, 0.05) is 6.42 Å². The summed E-state index contributed by atoms with van der Waals surface area (Å²) in [6.45, 7) is 14.6. The van der Waals surface area contributed by atoms with Crippen LogP contribution in [0.1, 0.15) is 86.0 Å². The lowest BCUT2D eigenvalue weighted by Crippen LogP contribution is -2.21. The molecule has 0 aliphatic heterocycles. The Labute approximate surface area is 133 Å². The summed E-state index contributed by atoms with van der Waals surface area (Å²) in [6, 6.07) is 0. The number of nitrogens with zero attached hydrogens (tertiary/aromatic N) is 1. The first-order chi connectivity index (χ1) is 10.0. The topological polar surface area (TPSA) is 40.5 Å². The normalized spacial score (nSPS) is 11.9. The largest absolute Gasteiger partial charge is 0.481 e. The Balaban J connectivity index is 0. The van der Waals surface area contributed by atoms with E-state index in [1.165, 1.54) is 51.7 Å². The van der Waals surface area contributed by atoms with E-state index < -0.39 is 5.97 Å². The second-order valence-corrected chi connectivity index (χ2v) is 5.86. The van der Waals surface area contributed by atoms with Gasteiger partial charge in [0.15, 0.2) is 0 Å². The van der Waals surface area contributed by atoms with E-state index in [9.17, 15) is 4.79 Å². The van der Waals surface area contributed by atoms with Gasteiger partial charge in [0.05, 0.1) is 0 Å². The van der Waals surface area contributed by atoms with Gasteiger partial charge >= 0.3 is 5.97 Å². The molecule has 0 spiro atoms. The van der Waals surface area contributed by atoms with Gasteiger partial charge in [-0.05, 0) is 32.0 Å². The Hall–Kier alpha value is -0.570. The number of carbonyl (C=O) groups is 1. The van der Waals surface area contributed by atoms with E-state index in [1.807, 2.05) is 0 Å². The molecule has 128 valence electrons. The van der Waals surface area contributed by atoms with Gasteiger partial charge in [-0.1, -0.05) is 73.1 Å². The summed E-state index contributed by atoms with van der Waals surface area (Å²) in [5, 5.41) is 8.47. The van der Waals surface area contributed by atoms with Crippen molar-refractivity contribution in [3.63, 3.8) is 0 Å². The Bertz CT molecular complexity index is 210. The predicted octanol–water partition coefficient (Wildman–Crippen LogP) is 5.20. The minimum atomic E-state index is -0.664. The molecule has 0 aromatic carbocycles. The fraction of sp³-hybridized carbons (Fsp3) is 0.944. The predicted molar refractivity (Wildman–Crippen MR) is 92.9 cm³/mol. The molecule has 0 bridgehead atoms. The highest BCUT2D eigenvalue weighted by Crippen LogP contribution is 2.16. The molecule has 3 heteroatoms. The van der Waals surface area contributed by atoms with E-state index in [0.29, 0.717) is 12.3 Å². The summed E-state index contributed by atoms with van der Waals surface area (Å²) in [7, 11) is 0. The van der Waals surface area contributed by atoms with Crippen LogP contribution in [0, 0.1) is 5.92 Å². The average molecular weight is 302 g/mol. The van der Waals surface area contributed by atoms with Crippen LogP contribution in [0.3, 0.4) is 0 Å². The zero-order valence-electron chi connectivity index (χ0n) is 15.2. The Morgan fingerprint density at radius 1 is 0.905 bits per heavy atom. The third kappa shape index (κ3) is 19.4. The first-order valence-electron chi connectivity index (χ1n) is 8.95. The first-order valence-corrected chi connectivity index (χ1v) is 8.95. The van der Waals surface area contributed by atoms with Gasteiger partial charge in [0.2, 0.25) is 0 Å². The van der Waals surface area contributed by atoms with Crippen molar-refractivity contribution < 1.29 is 9.90 Å². The Morgan fingerprint density at radius 2 is 1.43 bits per heavy atom. The van der Waals surface area contributed by atoms with Crippen LogP contribution < -0.4 is 0 Å². The molecule has 0 aliphatic rings. The summed E-state index contributed by atoms with van der Waals surface area (Å²) in [6.07, 6.45) is 8.76. The summed E-state index contributed by atoms with van der Waals surface area (Å²) < 4.78 is 0. The molecule has 0 saturated carbocycles. The third-order valence-electron chi connectivity index (χ3n) is 3.98. The molecule has 0 rings (SSSR count). The maximum absolute atomic E-state index is 10.3. The maximum Gasteiger partial charge on any atom is 0.303 e. The highest BCUT2D eigenvalue weighted by atomic mass is 16.4. The molecule has 0 fully saturated rings. The molecule has 0 saturated heterocycles. The molecule has 1 unspecified atom stereocenters.